The van der Waals surface area contributed by atoms with Crippen LogP contribution >= 0.6 is 0 Å². The van der Waals surface area contributed by atoms with Gasteiger partial charge < -0.3 is 15.4 Å². The fraction of sp³-hybridized carbons (Fsp3) is 0.182. The predicted octanol–water partition coefficient (Wildman–Crippen LogP) is 4.27. The maximum Gasteiger partial charge on any atom is 0.340 e. The van der Waals surface area contributed by atoms with Crippen molar-refractivity contribution in [3.8, 4) is 0 Å². The maximum absolute atomic E-state index is 12.5. The number of hydrogen-bond acceptors (Lipinski definition) is 6. The Balaban J connectivity index is 1.74. The minimum atomic E-state index is -0.430. The van der Waals surface area contributed by atoms with E-state index in [4.69, 9.17) is 4.74 Å². The highest BCUT2D eigenvalue weighted by molar-refractivity contribution is 6.04. The third-order valence-electron chi connectivity index (χ3n) is 4.30. The quantitative estimate of drug-likeness (QED) is 0.611. The van der Waals surface area contributed by atoms with Crippen LogP contribution in [0.25, 0.3) is 0 Å². The summed E-state index contributed by atoms with van der Waals surface area (Å²) in [6.45, 7) is 5.91. The maximum atomic E-state index is 12.5. The van der Waals surface area contributed by atoms with Gasteiger partial charge in [0.2, 0.25) is 5.95 Å². The molecule has 0 atom stereocenters. The van der Waals surface area contributed by atoms with Crippen LogP contribution in [0.1, 0.15) is 38.8 Å². The van der Waals surface area contributed by atoms with Gasteiger partial charge in [-0.1, -0.05) is 30.3 Å². The fourth-order valence-electron chi connectivity index (χ4n) is 2.81. The number of aryl methyl sites for hydroxylation is 2. The van der Waals surface area contributed by atoms with Crippen LogP contribution in [0, 0.1) is 13.8 Å². The van der Waals surface area contributed by atoms with Gasteiger partial charge in [0.1, 0.15) is 0 Å². The summed E-state index contributed by atoms with van der Waals surface area (Å²) in [4.78, 5) is 33.0. The molecule has 0 aliphatic rings. The molecule has 0 unspecified atom stereocenters. The summed E-state index contributed by atoms with van der Waals surface area (Å²) >= 11 is 0. The monoisotopic (exact) mass is 390 g/mol. The molecule has 3 aromatic rings. The van der Waals surface area contributed by atoms with Crippen LogP contribution in [0.5, 0.6) is 0 Å². The first-order valence-electron chi connectivity index (χ1n) is 9.22. The number of nitrogens with zero attached hydrogens (tertiary/aromatic N) is 2. The van der Waals surface area contributed by atoms with Gasteiger partial charge in [-0.05, 0) is 44.0 Å². The number of anilines is 3. The van der Waals surface area contributed by atoms with Crippen LogP contribution in [-0.2, 0) is 4.74 Å². The number of carbonyl (C=O) groups is 2. The number of rotatable bonds is 6. The van der Waals surface area contributed by atoms with Crippen molar-refractivity contribution < 1.29 is 14.3 Å². The SMILES string of the molecule is CCOC(=O)c1ccccc1Nc1ncc(C(=O)Nc2c(C)cccc2C)cn1. The molecular weight excluding hydrogens is 368 g/mol. The van der Waals surface area contributed by atoms with Crippen molar-refractivity contribution in [3.05, 3.63) is 77.1 Å². The summed E-state index contributed by atoms with van der Waals surface area (Å²) in [5.41, 5.74) is 3.98. The van der Waals surface area contributed by atoms with Crippen molar-refractivity contribution in [3.63, 3.8) is 0 Å². The van der Waals surface area contributed by atoms with Gasteiger partial charge in [-0.25, -0.2) is 14.8 Å². The lowest BCUT2D eigenvalue weighted by Crippen LogP contribution is -2.15. The lowest BCUT2D eigenvalue weighted by atomic mass is 10.1. The molecule has 0 radical (unpaired) electrons. The van der Waals surface area contributed by atoms with E-state index in [0.29, 0.717) is 16.8 Å². The molecule has 1 aromatic heterocycles. The van der Waals surface area contributed by atoms with E-state index in [9.17, 15) is 9.59 Å². The van der Waals surface area contributed by atoms with E-state index < -0.39 is 5.97 Å². The van der Waals surface area contributed by atoms with E-state index in [2.05, 4.69) is 20.6 Å². The van der Waals surface area contributed by atoms with Gasteiger partial charge in [0.05, 0.1) is 23.4 Å². The van der Waals surface area contributed by atoms with Crippen molar-refractivity contribution in [2.75, 3.05) is 17.2 Å². The zero-order valence-corrected chi connectivity index (χ0v) is 16.5. The number of ether oxygens (including phenoxy) is 1. The average molecular weight is 390 g/mol. The summed E-state index contributed by atoms with van der Waals surface area (Å²) in [6, 6.07) is 12.7. The molecule has 2 N–H and O–H groups in total. The van der Waals surface area contributed by atoms with E-state index in [1.807, 2.05) is 32.0 Å². The van der Waals surface area contributed by atoms with Crippen LogP contribution in [0.15, 0.2) is 54.9 Å². The normalized spacial score (nSPS) is 10.3. The van der Waals surface area contributed by atoms with E-state index in [1.165, 1.54) is 12.4 Å². The molecule has 1 amide bonds. The van der Waals surface area contributed by atoms with Crippen molar-refractivity contribution >= 4 is 29.2 Å². The third-order valence-corrected chi connectivity index (χ3v) is 4.30. The second-order valence-electron chi connectivity index (χ2n) is 6.41. The molecular formula is C22H22N4O3. The van der Waals surface area contributed by atoms with Gasteiger partial charge in [-0.2, -0.15) is 0 Å². The average Bonchev–Trinajstić information content (AvgIpc) is 2.72. The Kier molecular flexibility index (Phi) is 6.19. The molecule has 0 saturated heterocycles. The van der Waals surface area contributed by atoms with Crippen LogP contribution in [0.2, 0.25) is 0 Å². The van der Waals surface area contributed by atoms with E-state index in [0.717, 1.165) is 16.8 Å². The summed E-state index contributed by atoms with van der Waals surface area (Å²) in [5, 5.41) is 5.89. The largest absolute Gasteiger partial charge is 0.462 e. The standard InChI is InChI=1S/C22H22N4O3/c1-4-29-21(28)17-10-5-6-11-18(17)25-22-23-12-16(13-24-22)20(27)26-19-14(2)8-7-9-15(19)3/h5-13H,4H2,1-3H3,(H,26,27)(H,23,24,25). The van der Waals surface area contributed by atoms with Crippen LogP contribution in [-0.4, -0.2) is 28.5 Å². The molecule has 148 valence electrons. The Bertz CT molecular complexity index is 1010. The Morgan fingerprint density at radius 1 is 0.966 bits per heavy atom. The smallest absolute Gasteiger partial charge is 0.340 e. The predicted molar refractivity (Wildman–Crippen MR) is 112 cm³/mol. The number of benzene rings is 2. The number of amides is 1. The fourth-order valence-corrected chi connectivity index (χ4v) is 2.81. The molecule has 0 fully saturated rings. The molecule has 0 saturated carbocycles. The number of nitrogens with one attached hydrogen (secondary N) is 2. The number of carbonyl (C=O) groups excluding carboxylic acids is 2. The van der Waals surface area contributed by atoms with Gasteiger partial charge in [-0.15, -0.1) is 0 Å². The molecule has 3 rings (SSSR count). The summed E-state index contributed by atoms with van der Waals surface area (Å²) in [7, 11) is 0. The molecule has 7 heteroatoms. The van der Waals surface area contributed by atoms with Gasteiger partial charge in [-0.3, -0.25) is 4.79 Å². The van der Waals surface area contributed by atoms with Crippen LogP contribution < -0.4 is 10.6 Å². The van der Waals surface area contributed by atoms with Crippen molar-refractivity contribution in [2.24, 2.45) is 0 Å². The molecule has 29 heavy (non-hydrogen) atoms. The first-order valence-corrected chi connectivity index (χ1v) is 9.22. The Morgan fingerprint density at radius 3 is 2.28 bits per heavy atom. The van der Waals surface area contributed by atoms with Crippen molar-refractivity contribution in [1.29, 1.82) is 0 Å². The zero-order chi connectivity index (χ0) is 20.8. The molecule has 0 aliphatic carbocycles. The summed E-state index contributed by atoms with van der Waals surface area (Å²) < 4.78 is 5.06. The molecule has 0 aliphatic heterocycles. The summed E-state index contributed by atoms with van der Waals surface area (Å²) in [5.74, 6) is -0.452. The highest BCUT2D eigenvalue weighted by Gasteiger charge is 2.14. The number of esters is 1. The van der Waals surface area contributed by atoms with Gasteiger partial charge in [0.15, 0.2) is 0 Å². The van der Waals surface area contributed by atoms with Gasteiger partial charge >= 0.3 is 5.97 Å². The van der Waals surface area contributed by atoms with Gasteiger partial charge in [0.25, 0.3) is 5.91 Å². The number of aromatic nitrogens is 2. The molecule has 2 aromatic carbocycles. The second kappa shape index (κ2) is 8.97. The molecule has 7 nitrogen and oxygen atoms in total. The molecule has 0 bridgehead atoms. The van der Waals surface area contributed by atoms with Crippen LogP contribution in [0.4, 0.5) is 17.3 Å². The number of para-hydroxylation sites is 2. The topological polar surface area (TPSA) is 93.2 Å². The second-order valence-corrected chi connectivity index (χ2v) is 6.41. The lowest BCUT2D eigenvalue weighted by Gasteiger charge is -2.12. The minimum absolute atomic E-state index is 0.269. The van der Waals surface area contributed by atoms with E-state index in [-0.39, 0.29) is 18.5 Å². The minimum Gasteiger partial charge on any atom is -0.462 e. The summed E-state index contributed by atoms with van der Waals surface area (Å²) in [6.07, 6.45) is 2.87. The van der Waals surface area contributed by atoms with Crippen LogP contribution in [0.3, 0.4) is 0 Å². The zero-order valence-electron chi connectivity index (χ0n) is 16.5. The Morgan fingerprint density at radius 2 is 1.62 bits per heavy atom. The van der Waals surface area contributed by atoms with E-state index in [1.54, 1.807) is 31.2 Å². The van der Waals surface area contributed by atoms with Crippen molar-refractivity contribution in [2.45, 2.75) is 20.8 Å². The first-order chi connectivity index (χ1) is 14.0. The Hall–Kier alpha value is -3.74. The van der Waals surface area contributed by atoms with Crippen molar-refractivity contribution in [1.82, 2.24) is 9.97 Å². The third kappa shape index (κ3) is 4.76. The molecule has 1 heterocycles. The Labute approximate surface area is 169 Å². The first kappa shape index (κ1) is 20.0. The highest BCUT2D eigenvalue weighted by Crippen LogP contribution is 2.21. The van der Waals surface area contributed by atoms with Gasteiger partial charge in [0, 0.05) is 18.1 Å². The van der Waals surface area contributed by atoms with E-state index >= 15 is 0 Å². The number of hydrogen-bond donors (Lipinski definition) is 2. The molecule has 0 spiro atoms. The lowest BCUT2D eigenvalue weighted by molar-refractivity contribution is 0.0527. The highest BCUT2D eigenvalue weighted by atomic mass is 16.5.